The lowest BCUT2D eigenvalue weighted by Gasteiger charge is -2.25. The fraction of sp³-hybridized carbons (Fsp3) is 0.538. The van der Waals surface area contributed by atoms with Gasteiger partial charge in [-0.25, -0.2) is 0 Å². The molecule has 102 valence electrons. The van der Waals surface area contributed by atoms with E-state index in [1.807, 2.05) is 17.5 Å². The van der Waals surface area contributed by atoms with Gasteiger partial charge in [0.15, 0.2) is 0 Å². The first-order chi connectivity index (χ1) is 9.42. The van der Waals surface area contributed by atoms with E-state index in [0.717, 1.165) is 17.2 Å². The van der Waals surface area contributed by atoms with Gasteiger partial charge in [-0.3, -0.25) is 0 Å². The summed E-state index contributed by atoms with van der Waals surface area (Å²) in [6, 6.07) is 3.99. The van der Waals surface area contributed by atoms with E-state index in [4.69, 9.17) is 4.42 Å². The number of hydrogen-bond donors (Lipinski definition) is 0. The maximum atomic E-state index is 5.65. The van der Waals surface area contributed by atoms with Gasteiger partial charge in [0.1, 0.15) is 0 Å². The van der Waals surface area contributed by atoms with Crippen LogP contribution in [0.2, 0.25) is 0 Å². The maximum absolute atomic E-state index is 5.65. The Labute approximate surface area is 121 Å². The van der Waals surface area contributed by atoms with E-state index in [-0.39, 0.29) is 0 Å². The molecule has 3 heterocycles. The number of rotatable bonds is 5. The summed E-state index contributed by atoms with van der Waals surface area (Å²) in [5, 5.41) is 10.9. The molecule has 0 unspecified atom stereocenters. The zero-order chi connectivity index (χ0) is 12.9. The van der Waals surface area contributed by atoms with E-state index in [2.05, 4.69) is 15.1 Å². The van der Waals surface area contributed by atoms with Crippen LogP contribution in [0.4, 0.5) is 0 Å². The van der Waals surface area contributed by atoms with E-state index >= 15 is 0 Å². The molecule has 2 aromatic rings. The van der Waals surface area contributed by atoms with E-state index < -0.39 is 0 Å². The maximum Gasteiger partial charge on any atom is 0.276 e. The average molecular weight is 295 g/mol. The zero-order valence-corrected chi connectivity index (χ0v) is 12.4. The molecule has 0 atom stereocenters. The molecule has 19 heavy (non-hydrogen) atoms. The van der Waals surface area contributed by atoms with Crippen LogP contribution in [-0.4, -0.2) is 40.5 Å². The number of hydrogen-bond acceptors (Lipinski definition) is 6. The fourth-order valence-electron chi connectivity index (χ4n) is 2.21. The summed E-state index contributed by atoms with van der Waals surface area (Å²) < 4.78 is 5.65. The van der Waals surface area contributed by atoms with E-state index in [1.165, 1.54) is 32.4 Å². The number of piperidine rings is 1. The molecule has 0 amide bonds. The van der Waals surface area contributed by atoms with Gasteiger partial charge in [0.25, 0.3) is 11.1 Å². The second-order valence-corrected chi connectivity index (χ2v) is 6.60. The van der Waals surface area contributed by atoms with E-state index in [0.29, 0.717) is 11.1 Å². The molecule has 0 N–H and O–H groups in total. The van der Waals surface area contributed by atoms with Crippen molar-refractivity contribution in [2.75, 3.05) is 25.4 Å². The normalized spacial score (nSPS) is 16.8. The third-order valence-electron chi connectivity index (χ3n) is 3.22. The minimum Gasteiger partial charge on any atom is -0.410 e. The Balaban J connectivity index is 1.48. The first-order valence-electron chi connectivity index (χ1n) is 6.64. The monoisotopic (exact) mass is 295 g/mol. The number of aromatic nitrogens is 2. The molecule has 0 spiro atoms. The van der Waals surface area contributed by atoms with Crippen molar-refractivity contribution in [3.8, 4) is 10.8 Å². The molecule has 1 saturated heterocycles. The first-order valence-corrected chi connectivity index (χ1v) is 8.51. The second-order valence-electron chi connectivity index (χ2n) is 4.60. The molecule has 0 radical (unpaired) electrons. The van der Waals surface area contributed by atoms with Gasteiger partial charge in [0.2, 0.25) is 0 Å². The van der Waals surface area contributed by atoms with E-state index in [9.17, 15) is 0 Å². The number of likely N-dealkylation sites (tertiary alicyclic amines) is 1. The smallest absolute Gasteiger partial charge is 0.276 e. The molecular formula is C13H17N3OS2. The van der Waals surface area contributed by atoms with Gasteiger partial charge in [-0.1, -0.05) is 24.2 Å². The molecular weight excluding hydrogens is 278 g/mol. The standard InChI is InChI=1S/C13H17N3OS2/c1-2-6-16(7-3-1)8-10-19-13-15-14-12(17-13)11-5-4-9-18-11/h4-5,9H,1-3,6-8,10H2. The van der Waals surface area contributed by atoms with Crippen LogP contribution in [0.1, 0.15) is 19.3 Å². The first kappa shape index (κ1) is 13.1. The second kappa shape index (κ2) is 6.54. The van der Waals surface area contributed by atoms with Crippen LogP contribution in [0.15, 0.2) is 27.2 Å². The molecule has 1 aliphatic heterocycles. The number of thiophene rings is 1. The van der Waals surface area contributed by atoms with Crippen molar-refractivity contribution in [2.45, 2.75) is 24.5 Å². The van der Waals surface area contributed by atoms with Crippen LogP contribution in [0.5, 0.6) is 0 Å². The van der Waals surface area contributed by atoms with Crippen LogP contribution in [-0.2, 0) is 0 Å². The molecule has 6 heteroatoms. The minimum absolute atomic E-state index is 0.635. The predicted molar refractivity (Wildman–Crippen MR) is 78.6 cm³/mol. The van der Waals surface area contributed by atoms with Crippen molar-refractivity contribution in [3.63, 3.8) is 0 Å². The highest BCUT2D eigenvalue weighted by Crippen LogP contribution is 2.26. The highest BCUT2D eigenvalue weighted by Gasteiger charge is 2.12. The Hall–Kier alpha value is -0.850. The summed E-state index contributed by atoms with van der Waals surface area (Å²) in [6.07, 6.45) is 4.07. The lowest BCUT2D eigenvalue weighted by atomic mass is 10.1. The Bertz CT molecular complexity index is 492. The van der Waals surface area contributed by atoms with Crippen LogP contribution >= 0.6 is 23.1 Å². The quantitative estimate of drug-likeness (QED) is 0.791. The summed E-state index contributed by atoms with van der Waals surface area (Å²) in [6.45, 7) is 3.59. The molecule has 0 aliphatic carbocycles. The molecule has 3 rings (SSSR count). The van der Waals surface area contributed by atoms with Crippen LogP contribution in [0, 0.1) is 0 Å². The topological polar surface area (TPSA) is 42.2 Å². The summed E-state index contributed by atoms with van der Waals surface area (Å²) in [7, 11) is 0. The Kier molecular flexibility index (Phi) is 4.53. The molecule has 4 nitrogen and oxygen atoms in total. The lowest BCUT2D eigenvalue weighted by molar-refractivity contribution is 0.242. The van der Waals surface area contributed by atoms with Gasteiger partial charge in [-0.2, -0.15) is 0 Å². The van der Waals surface area contributed by atoms with Crippen molar-refractivity contribution in [3.05, 3.63) is 17.5 Å². The molecule has 0 saturated carbocycles. The summed E-state index contributed by atoms with van der Waals surface area (Å²) >= 11 is 3.28. The Morgan fingerprint density at radius 2 is 2.16 bits per heavy atom. The molecule has 1 fully saturated rings. The molecule has 1 aliphatic rings. The molecule has 2 aromatic heterocycles. The van der Waals surface area contributed by atoms with Gasteiger partial charge in [-0.05, 0) is 37.4 Å². The zero-order valence-electron chi connectivity index (χ0n) is 10.7. The molecule has 0 bridgehead atoms. The van der Waals surface area contributed by atoms with Crippen molar-refractivity contribution in [2.24, 2.45) is 0 Å². The van der Waals surface area contributed by atoms with Gasteiger partial charge in [0, 0.05) is 12.3 Å². The summed E-state index contributed by atoms with van der Waals surface area (Å²) in [5.41, 5.74) is 0. The van der Waals surface area contributed by atoms with Crippen molar-refractivity contribution in [1.82, 2.24) is 15.1 Å². The fourth-order valence-corrected chi connectivity index (χ4v) is 3.62. The third-order valence-corrected chi connectivity index (χ3v) is 4.88. The predicted octanol–water partition coefficient (Wildman–Crippen LogP) is 3.38. The van der Waals surface area contributed by atoms with Crippen molar-refractivity contribution < 1.29 is 4.42 Å². The Morgan fingerprint density at radius 3 is 2.95 bits per heavy atom. The van der Waals surface area contributed by atoms with Crippen molar-refractivity contribution >= 4 is 23.1 Å². The lowest BCUT2D eigenvalue weighted by Crippen LogP contribution is -2.31. The number of thioether (sulfide) groups is 1. The molecule has 0 aromatic carbocycles. The van der Waals surface area contributed by atoms with Gasteiger partial charge in [-0.15, -0.1) is 21.5 Å². The van der Waals surface area contributed by atoms with Crippen molar-refractivity contribution in [1.29, 1.82) is 0 Å². The number of nitrogens with zero attached hydrogens (tertiary/aromatic N) is 3. The largest absolute Gasteiger partial charge is 0.410 e. The van der Waals surface area contributed by atoms with Gasteiger partial charge in [0.05, 0.1) is 4.88 Å². The SMILES string of the molecule is c1csc(-c2nnc(SCCN3CCCCC3)o2)c1. The van der Waals surface area contributed by atoms with Gasteiger partial charge < -0.3 is 9.32 Å². The summed E-state index contributed by atoms with van der Waals surface area (Å²) in [4.78, 5) is 3.56. The summed E-state index contributed by atoms with van der Waals surface area (Å²) in [5.74, 6) is 1.65. The average Bonchev–Trinajstić information content (AvgIpc) is 3.10. The minimum atomic E-state index is 0.635. The highest BCUT2D eigenvalue weighted by atomic mass is 32.2. The van der Waals surface area contributed by atoms with Crippen LogP contribution in [0.25, 0.3) is 10.8 Å². The third kappa shape index (κ3) is 3.58. The van der Waals surface area contributed by atoms with Crippen LogP contribution in [0.3, 0.4) is 0 Å². The van der Waals surface area contributed by atoms with E-state index in [1.54, 1.807) is 23.1 Å². The van der Waals surface area contributed by atoms with Gasteiger partial charge >= 0.3 is 0 Å². The van der Waals surface area contributed by atoms with Crippen LogP contribution < -0.4 is 0 Å². The highest BCUT2D eigenvalue weighted by molar-refractivity contribution is 7.99. The Morgan fingerprint density at radius 1 is 1.26 bits per heavy atom.